The molecular weight excluding hydrogens is 362 g/mol. The molecule has 1 atom stereocenters. The first-order chi connectivity index (χ1) is 7.85. The SMILES string of the molecule is COCC(C)NC(N)=NCCCCC(F)(F)F.I. The molecular formula is C10H21F3IN3O. The fraction of sp³-hybridized carbons (Fsp3) is 0.900. The molecule has 110 valence electrons. The molecule has 0 saturated heterocycles. The van der Waals surface area contributed by atoms with Gasteiger partial charge in [-0.15, -0.1) is 24.0 Å². The second kappa shape index (κ2) is 10.7. The Kier molecular flexibility index (Phi) is 11.9. The van der Waals surface area contributed by atoms with Crippen molar-refractivity contribution in [2.75, 3.05) is 20.3 Å². The lowest BCUT2D eigenvalue weighted by atomic mass is 10.2. The van der Waals surface area contributed by atoms with Gasteiger partial charge in [0.15, 0.2) is 5.96 Å². The van der Waals surface area contributed by atoms with Gasteiger partial charge in [0.05, 0.1) is 6.61 Å². The van der Waals surface area contributed by atoms with E-state index in [-0.39, 0.29) is 42.4 Å². The van der Waals surface area contributed by atoms with E-state index in [1.165, 1.54) is 0 Å². The van der Waals surface area contributed by atoms with Crippen molar-refractivity contribution in [1.82, 2.24) is 5.32 Å². The number of halogens is 4. The molecule has 0 aromatic carbocycles. The molecule has 18 heavy (non-hydrogen) atoms. The maximum atomic E-state index is 11.8. The van der Waals surface area contributed by atoms with Gasteiger partial charge in [0, 0.05) is 26.1 Å². The lowest BCUT2D eigenvalue weighted by Gasteiger charge is -2.13. The van der Waals surface area contributed by atoms with E-state index in [0.717, 1.165) is 0 Å². The van der Waals surface area contributed by atoms with Crippen LogP contribution in [0, 0.1) is 0 Å². The van der Waals surface area contributed by atoms with E-state index in [1.807, 2.05) is 6.92 Å². The third kappa shape index (κ3) is 13.8. The molecule has 0 aromatic rings. The number of hydrogen-bond donors (Lipinski definition) is 2. The maximum Gasteiger partial charge on any atom is 0.389 e. The molecule has 8 heteroatoms. The molecule has 0 spiro atoms. The highest BCUT2D eigenvalue weighted by Crippen LogP contribution is 2.21. The average molecular weight is 383 g/mol. The number of rotatable bonds is 7. The number of alkyl halides is 3. The molecule has 0 aliphatic rings. The number of hydrogen-bond acceptors (Lipinski definition) is 2. The molecule has 0 aliphatic carbocycles. The van der Waals surface area contributed by atoms with E-state index in [2.05, 4.69) is 10.3 Å². The highest BCUT2D eigenvalue weighted by atomic mass is 127. The molecule has 1 unspecified atom stereocenters. The molecule has 0 heterocycles. The standard InChI is InChI=1S/C10H20F3N3O.HI/c1-8(7-17-2)16-9(14)15-6-4-3-5-10(11,12)13;/h8H,3-7H2,1-2H3,(H3,14,15,16);1H. The number of unbranched alkanes of at least 4 members (excludes halogenated alkanes) is 1. The first-order valence-electron chi connectivity index (χ1n) is 5.47. The molecule has 0 saturated carbocycles. The summed E-state index contributed by atoms with van der Waals surface area (Å²) in [6.07, 6.45) is -4.40. The van der Waals surface area contributed by atoms with Crippen LogP contribution < -0.4 is 11.1 Å². The summed E-state index contributed by atoms with van der Waals surface area (Å²) in [7, 11) is 1.57. The van der Waals surface area contributed by atoms with Crippen molar-refractivity contribution in [3.8, 4) is 0 Å². The Hall–Kier alpha value is -0.250. The molecule has 0 bridgehead atoms. The van der Waals surface area contributed by atoms with E-state index < -0.39 is 12.6 Å². The fourth-order valence-electron chi connectivity index (χ4n) is 1.23. The summed E-state index contributed by atoms with van der Waals surface area (Å²) >= 11 is 0. The number of ether oxygens (including phenoxy) is 1. The number of nitrogens with one attached hydrogen (secondary N) is 1. The Morgan fingerprint density at radius 1 is 1.39 bits per heavy atom. The minimum atomic E-state index is -4.08. The second-order valence-corrected chi connectivity index (χ2v) is 3.84. The predicted molar refractivity (Wildman–Crippen MR) is 76.3 cm³/mol. The highest BCUT2D eigenvalue weighted by Gasteiger charge is 2.25. The van der Waals surface area contributed by atoms with Crippen LogP contribution in [0.2, 0.25) is 0 Å². The van der Waals surface area contributed by atoms with Crippen molar-refractivity contribution in [3.63, 3.8) is 0 Å². The second-order valence-electron chi connectivity index (χ2n) is 3.84. The highest BCUT2D eigenvalue weighted by molar-refractivity contribution is 14.0. The van der Waals surface area contributed by atoms with E-state index in [4.69, 9.17) is 10.5 Å². The average Bonchev–Trinajstić information content (AvgIpc) is 2.15. The van der Waals surface area contributed by atoms with E-state index in [9.17, 15) is 13.2 Å². The summed E-state index contributed by atoms with van der Waals surface area (Å²) in [4.78, 5) is 3.93. The maximum absolute atomic E-state index is 11.8. The fourth-order valence-corrected chi connectivity index (χ4v) is 1.23. The van der Waals surface area contributed by atoms with Gasteiger partial charge in [0.1, 0.15) is 0 Å². The summed E-state index contributed by atoms with van der Waals surface area (Å²) in [5, 5.41) is 2.87. The summed E-state index contributed by atoms with van der Waals surface area (Å²) in [5.41, 5.74) is 5.53. The molecule has 4 nitrogen and oxygen atoms in total. The van der Waals surface area contributed by atoms with Crippen LogP contribution in [0.4, 0.5) is 13.2 Å². The first kappa shape index (κ1) is 20.1. The zero-order chi connectivity index (χ0) is 13.3. The summed E-state index contributed by atoms with van der Waals surface area (Å²) < 4.78 is 40.3. The van der Waals surface area contributed by atoms with E-state index >= 15 is 0 Å². The monoisotopic (exact) mass is 383 g/mol. The van der Waals surface area contributed by atoms with Crippen LogP contribution in [-0.2, 0) is 4.74 Å². The quantitative estimate of drug-likeness (QED) is 0.307. The summed E-state index contributed by atoms with van der Waals surface area (Å²) in [5.74, 6) is 0.238. The van der Waals surface area contributed by atoms with Crippen molar-refractivity contribution in [2.45, 2.75) is 38.4 Å². The van der Waals surface area contributed by atoms with Crippen LogP contribution in [0.15, 0.2) is 4.99 Å². The minimum absolute atomic E-state index is 0. The van der Waals surface area contributed by atoms with Gasteiger partial charge in [0.2, 0.25) is 0 Å². The van der Waals surface area contributed by atoms with Crippen LogP contribution in [0.25, 0.3) is 0 Å². The van der Waals surface area contributed by atoms with Crippen LogP contribution >= 0.6 is 24.0 Å². The van der Waals surface area contributed by atoms with Gasteiger partial charge in [-0.3, -0.25) is 4.99 Å². The molecule has 0 aliphatic heterocycles. The number of nitrogens with two attached hydrogens (primary N) is 1. The van der Waals surface area contributed by atoms with Crippen LogP contribution in [0.5, 0.6) is 0 Å². The van der Waals surface area contributed by atoms with Crippen molar-refractivity contribution in [1.29, 1.82) is 0 Å². The third-order valence-corrected chi connectivity index (χ3v) is 1.96. The summed E-state index contributed by atoms with van der Waals surface area (Å²) in [6, 6.07) is 0.0268. The minimum Gasteiger partial charge on any atom is -0.383 e. The Labute approximate surface area is 123 Å². The lowest BCUT2D eigenvalue weighted by Crippen LogP contribution is -2.40. The molecule has 0 aromatic heterocycles. The Morgan fingerprint density at radius 3 is 2.50 bits per heavy atom. The zero-order valence-corrected chi connectivity index (χ0v) is 12.9. The molecule has 0 rings (SSSR count). The van der Waals surface area contributed by atoms with Gasteiger partial charge in [0.25, 0.3) is 0 Å². The van der Waals surface area contributed by atoms with Crippen molar-refractivity contribution < 1.29 is 17.9 Å². The normalized spacial score (nSPS) is 13.9. The third-order valence-electron chi connectivity index (χ3n) is 1.96. The largest absolute Gasteiger partial charge is 0.389 e. The first-order valence-corrected chi connectivity index (χ1v) is 5.47. The van der Waals surface area contributed by atoms with Gasteiger partial charge in [-0.25, -0.2) is 0 Å². The number of nitrogens with zero attached hydrogens (tertiary/aromatic N) is 1. The van der Waals surface area contributed by atoms with Gasteiger partial charge < -0.3 is 15.8 Å². The molecule has 0 fully saturated rings. The van der Waals surface area contributed by atoms with Gasteiger partial charge in [-0.2, -0.15) is 13.2 Å². The molecule has 0 amide bonds. The lowest BCUT2D eigenvalue weighted by molar-refractivity contribution is -0.135. The van der Waals surface area contributed by atoms with Gasteiger partial charge >= 0.3 is 6.18 Å². The number of methoxy groups -OCH3 is 1. The van der Waals surface area contributed by atoms with E-state index in [1.54, 1.807) is 7.11 Å². The van der Waals surface area contributed by atoms with E-state index in [0.29, 0.717) is 19.6 Å². The molecule has 3 N–H and O–H groups in total. The van der Waals surface area contributed by atoms with Crippen LogP contribution in [0.1, 0.15) is 26.2 Å². The number of aliphatic imine (C=N–C) groups is 1. The Morgan fingerprint density at radius 2 is 2.00 bits per heavy atom. The van der Waals surface area contributed by atoms with Crippen molar-refractivity contribution >= 4 is 29.9 Å². The topological polar surface area (TPSA) is 59.6 Å². The van der Waals surface area contributed by atoms with Crippen LogP contribution in [0.3, 0.4) is 0 Å². The molecule has 0 radical (unpaired) electrons. The summed E-state index contributed by atoms with van der Waals surface area (Å²) in [6.45, 7) is 2.66. The van der Waals surface area contributed by atoms with Gasteiger partial charge in [-0.05, 0) is 19.8 Å². The predicted octanol–water partition coefficient (Wildman–Crippen LogP) is 2.28. The Bertz CT molecular complexity index is 237. The van der Waals surface area contributed by atoms with Crippen molar-refractivity contribution in [3.05, 3.63) is 0 Å². The number of guanidine groups is 1. The van der Waals surface area contributed by atoms with Crippen LogP contribution in [-0.4, -0.2) is 38.4 Å². The van der Waals surface area contributed by atoms with Crippen molar-refractivity contribution in [2.24, 2.45) is 10.7 Å². The smallest absolute Gasteiger partial charge is 0.383 e. The Balaban J connectivity index is 0. The zero-order valence-electron chi connectivity index (χ0n) is 10.6. The van der Waals surface area contributed by atoms with Gasteiger partial charge in [-0.1, -0.05) is 0 Å².